The van der Waals surface area contributed by atoms with Gasteiger partial charge in [0.1, 0.15) is 23.7 Å². The van der Waals surface area contributed by atoms with Crippen molar-refractivity contribution in [3.8, 4) is 28.2 Å². The third kappa shape index (κ3) is 8.29. The van der Waals surface area contributed by atoms with Gasteiger partial charge in [-0.2, -0.15) is 0 Å². The van der Waals surface area contributed by atoms with Crippen LogP contribution in [0.1, 0.15) is 77.1 Å². The van der Waals surface area contributed by atoms with Gasteiger partial charge in [-0.15, -0.1) is 0 Å². The number of carbonyl (C=O) groups excluding carboxylic acids is 4. The van der Waals surface area contributed by atoms with Crippen LogP contribution >= 0.6 is 0 Å². The fourth-order valence-electron chi connectivity index (χ4n) is 8.11. The molecule has 2 aromatic carbocycles. The van der Waals surface area contributed by atoms with E-state index in [4.69, 9.17) is 14.5 Å². The molecular weight excluding hydrogens is 755 g/mol. The molecule has 16 heteroatoms. The SMILES string of the molecule is COC(=O)N[C@H](C(=O)N1CCC[C@H]1c1nc(-c2ccc3c(=O)n(-c4ccc(-c5cnc([C@@H]6CCCN6C(=O)[C@@H](NC(=O)OC)C(C)C)[nH]5)cc4)ccc3c2)c[nH]1)C(C)C. The van der Waals surface area contributed by atoms with Crippen molar-refractivity contribution in [3.05, 3.63) is 89.1 Å². The van der Waals surface area contributed by atoms with Crippen molar-refractivity contribution in [2.75, 3.05) is 27.3 Å². The molecule has 0 spiro atoms. The van der Waals surface area contributed by atoms with Gasteiger partial charge >= 0.3 is 12.2 Å². The molecule has 3 aromatic heterocycles. The standard InChI is InChI=1S/C43H51N9O7/c1-24(2)35(48-42(56)58-5)40(54)51-18-7-9-33(51)37-44-22-31(46-37)26-11-14-29(15-12-26)50-20-17-27-21-28(13-16-30(27)39(50)53)32-23-45-38(47-32)34-10-8-19-52(34)41(55)36(25(3)4)49-43(57)59-6/h11-17,20-25,33-36H,7-10,18-19H2,1-6H3,(H,44,46)(H,45,47)(H,48,56)(H,49,57)/t33-,34-,35-,36-/m0/s1. The summed E-state index contributed by atoms with van der Waals surface area (Å²) in [6, 6.07) is 13.2. The first-order chi connectivity index (χ1) is 28.4. The number of nitrogens with one attached hydrogen (secondary N) is 4. The number of alkyl carbamates (subject to hydrolysis) is 2. The van der Waals surface area contributed by atoms with Crippen LogP contribution < -0.4 is 16.2 Å². The molecule has 0 radical (unpaired) electrons. The Morgan fingerprint density at radius 3 is 1.93 bits per heavy atom. The van der Waals surface area contributed by atoms with Gasteiger partial charge in [0, 0.05) is 42.1 Å². The van der Waals surface area contributed by atoms with E-state index in [1.165, 1.54) is 14.2 Å². The largest absolute Gasteiger partial charge is 0.453 e. The lowest BCUT2D eigenvalue weighted by molar-refractivity contribution is -0.136. The Hall–Kier alpha value is -6.45. The number of nitrogens with zero attached hydrogens (tertiary/aromatic N) is 5. The second-order valence-electron chi connectivity index (χ2n) is 15.8. The molecule has 0 bridgehead atoms. The van der Waals surface area contributed by atoms with Crippen LogP contribution in [0.2, 0.25) is 0 Å². The Balaban J connectivity index is 1.05. The first-order valence-corrected chi connectivity index (χ1v) is 20.0. The van der Waals surface area contributed by atoms with E-state index in [1.807, 2.05) is 76.4 Å². The minimum Gasteiger partial charge on any atom is -0.453 e. The van der Waals surface area contributed by atoms with E-state index in [0.717, 1.165) is 47.9 Å². The average Bonchev–Trinajstić information content (AvgIpc) is 4.08. The van der Waals surface area contributed by atoms with E-state index in [1.54, 1.807) is 32.8 Å². The summed E-state index contributed by atoms with van der Waals surface area (Å²) in [5.74, 6) is 0.730. The van der Waals surface area contributed by atoms with Crippen molar-refractivity contribution in [3.63, 3.8) is 0 Å². The van der Waals surface area contributed by atoms with E-state index in [0.29, 0.717) is 41.5 Å². The third-order valence-corrected chi connectivity index (χ3v) is 11.3. The zero-order chi connectivity index (χ0) is 42.0. The van der Waals surface area contributed by atoms with Gasteiger partial charge in [-0.1, -0.05) is 45.9 Å². The molecule has 4 N–H and O–H groups in total. The highest BCUT2D eigenvalue weighted by Gasteiger charge is 2.39. The molecule has 2 aliphatic rings. The van der Waals surface area contributed by atoms with E-state index >= 15 is 0 Å². The number of methoxy groups -OCH3 is 2. The number of benzene rings is 2. The molecule has 2 fully saturated rings. The Morgan fingerprint density at radius 2 is 1.36 bits per heavy atom. The van der Waals surface area contributed by atoms with Gasteiger partial charge in [0.05, 0.1) is 43.9 Å². The van der Waals surface area contributed by atoms with Crippen molar-refractivity contribution < 1.29 is 28.7 Å². The maximum Gasteiger partial charge on any atom is 0.407 e. The quantitative estimate of drug-likeness (QED) is 0.126. The van der Waals surface area contributed by atoms with Crippen molar-refractivity contribution >= 4 is 34.8 Å². The smallest absolute Gasteiger partial charge is 0.407 e. The first kappa shape index (κ1) is 40.7. The zero-order valence-electron chi connectivity index (χ0n) is 34.2. The highest BCUT2D eigenvalue weighted by atomic mass is 16.5. The number of fused-ring (bicyclic) bond motifs is 1. The zero-order valence-corrected chi connectivity index (χ0v) is 34.2. The van der Waals surface area contributed by atoms with Gasteiger partial charge in [-0.3, -0.25) is 19.0 Å². The summed E-state index contributed by atoms with van der Waals surface area (Å²) in [5, 5.41) is 6.68. The lowest BCUT2D eigenvalue weighted by atomic mass is 10.0. The molecule has 5 aromatic rings. The van der Waals surface area contributed by atoms with Gasteiger partial charge in [0.25, 0.3) is 5.56 Å². The number of rotatable bonds is 11. The van der Waals surface area contributed by atoms with Crippen LogP contribution in [0, 0.1) is 11.8 Å². The van der Waals surface area contributed by atoms with E-state index in [9.17, 15) is 24.0 Å². The second-order valence-corrected chi connectivity index (χ2v) is 15.8. The highest BCUT2D eigenvalue weighted by molar-refractivity contribution is 5.88. The maximum atomic E-state index is 13.8. The number of aromatic nitrogens is 5. The number of hydrogen-bond donors (Lipinski definition) is 4. The molecular formula is C43H51N9O7. The summed E-state index contributed by atoms with van der Waals surface area (Å²) in [6.45, 7) is 8.65. The molecule has 0 saturated carbocycles. The predicted octanol–water partition coefficient (Wildman–Crippen LogP) is 5.86. The number of pyridine rings is 1. The number of imidazole rings is 2. The molecule has 0 aliphatic carbocycles. The van der Waals surface area contributed by atoms with Gasteiger partial charge in [-0.25, -0.2) is 19.6 Å². The van der Waals surface area contributed by atoms with Gasteiger partial charge in [0.2, 0.25) is 11.8 Å². The van der Waals surface area contributed by atoms with Crippen LogP contribution in [-0.2, 0) is 19.1 Å². The summed E-state index contributed by atoms with van der Waals surface area (Å²) >= 11 is 0. The maximum absolute atomic E-state index is 13.8. The second kappa shape index (κ2) is 17.2. The van der Waals surface area contributed by atoms with Crippen LogP contribution in [0.5, 0.6) is 0 Å². The van der Waals surface area contributed by atoms with Gasteiger partial charge < -0.3 is 39.9 Å². The summed E-state index contributed by atoms with van der Waals surface area (Å²) in [4.78, 5) is 84.6. The molecule has 310 valence electrons. The topological polar surface area (TPSA) is 197 Å². The lowest BCUT2D eigenvalue weighted by Gasteiger charge is -2.30. The van der Waals surface area contributed by atoms with Crippen LogP contribution in [-0.4, -0.2) is 97.7 Å². The number of hydrogen-bond acceptors (Lipinski definition) is 9. The Morgan fingerprint density at radius 1 is 0.780 bits per heavy atom. The summed E-state index contributed by atoms with van der Waals surface area (Å²) in [5.41, 5.74) is 3.70. The van der Waals surface area contributed by atoms with Crippen LogP contribution in [0.3, 0.4) is 0 Å². The number of aromatic amines is 2. The van der Waals surface area contributed by atoms with Crippen molar-refractivity contribution in [2.24, 2.45) is 11.8 Å². The van der Waals surface area contributed by atoms with Crippen LogP contribution in [0.15, 0.2) is 71.9 Å². The molecule has 16 nitrogen and oxygen atoms in total. The summed E-state index contributed by atoms with van der Waals surface area (Å²) in [6.07, 6.45) is 7.14. The Bertz CT molecular complexity index is 2400. The van der Waals surface area contributed by atoms with Crippen molar-refractivity contribution in [1.29, 1.82) is 0 Å². The first-order valence-electron chi connectivity index (χ1n) is 20.0. The van der Waals surface area contributed by atoms with Gasteiger partial charge in [-0.05, 0) is 78.8 Å². The minimum atomic E-state index is -0.721. The normalized spacial score (nSPS) is 17.7. The average molecular weight is 806 g/mol. The molecule has 4 amide bonds. The lowest BCUT2D eigenvalue weighted by Crippen LogP contribution is -2.51. The molecule has 59 heavy (non-hydrogen) atoms. The predicted molar refractivity (Wildman–Crippen MR) is 220 cm³/mol. The fraction of sp³-hybridized carbons (Fsp3) is 0.419. The number of H-pyrrole nitrogens is 2. The fourth-order valence-corrected chi connectivity index (χ4v) is 8.11. The molecule has 2 aliphatic heterocycles. The molecule has 2 saturated heterocycles. The summed E-state index contributed by atoms with van der Waals surface area (Å²) in [7, 11) is 2.55. The van der Waals surface area contributed by atoms with Crippen LogP contribution in [0.25, 0.3) is 39.0 Å². The Labute approximate surface area is 341 Å². The Kier molecular flexibility index (Phi) is 11.9. The number of likely N-dealkylation sites (tertiary alicyclic amines) is 2. The molecule has 7 rings (SSSR count). The number of ether oxygens (including phenoxy) is 2. The van der Waals surface area contributed by atoms with E-state index in [2.05, 4.69) is 25.6 Å². The highest BCUT2D eigenvalue weighted by Crippen LogP contribution is 2.35. The van der Waals surface area contributed by atoms with E-state index in [-0.39, 0.29) is 41.3 Å². The van der Waals surface area contributed by atoms with E-state index < -0.39 is 24.3 Å². The van der Waals surface area contributed by atoms with Crippen LogP contribution in [0.4, 0.5) is 9.59 Å². The summed E-state index contributed by atoms with van der Waals surface area (Å²) < 4.78 is 11.1. The monoisotopic (exact) mass is 805 g/mol. The van der Waals surface area contributed by atoms with Crippen molar-refractivity contribution in [2.45, 2.75) is 77.5 Å². The third-order valence-electron chi connectivity index (χ3n) is 11.3. The minimum absolute atomic E-state index is 0.130. The number of amides is 4. The molecule has 5 heterocycles. The molecule has 0 unspecified atom stereocenters. The van der Waals surface area contributed by atoms with Gasteiger partial charge in [0.15, 0.2) is 0 Å². The number of carbonyl (C=O) groups is 4. The molecule has 4 atom stereocenters. The van der Waals surface area contributed by atoms with Crippen molar-refractivity contribution in [1.82, 2.24) is 44.9 Å².